The fourth-order valence-electron chi connectivity index (χ4n) is 4.11. The molecule has 1 aliphatic heterocycles. The summed E-state index contributed by atoms with van der Waals surface area (Å²) in [7, 11) is 0. The zero-order valence-electron chi connectivity index (χ0n) is 15.2. The number of rotatable bonds is 6. The first-order valence-corrected chi connectivity index (χ1v) is 9.65. The Hall–Kier alpha value is -1.46. The number of halogens is 1. The number of nitrogens with one attached hydrogen (secondary N) is 1. The molecule has 1 N–H and O–H groups in total. The van der Waals surface area contributed by atoms with Crippen molar-refractivity contribution >= 4 is 5.91 Å². The summed E-state index contributed by atoms with van der Waals surface area (Å²) in [5, 5.41) is 3.23. The number of likely N-dealkylation sites (N-methyl/N-ethyl adjacent to an activating group) is 1. The van der Waals surface area contributed by atoms with Crippen molar-refractivity contribution in [2.24, 2.45) is 0 Å². The van der Waals surface area contributed by atoms with E-state index in [-0.39, 0.29) is 17.8 Å². The van der Waals surface area contributed by atoms with Crippen LogP contribution in [0.3, 0.4) is 0 Å². The molecule has 2 fully saturated rings. The second-order valence-electron chi connectivity index (χ2n) is 7.29. The Kier molecular flexibility index (Phi) is 6.43. The zero-order chi connectivity index (χ0) is 17.6. The molecule has 3 rings (SSSR count). The molecule has 0 radical (unpaired) electrons. The van der Waals surface area contributed by atoms with Crippen LogP contribution in [-0.2, 0) is 4.79 Å². The van der Waals surface area contributed by atoms with Gasteiger partial charge in [0.1, 0.15) is 5.82 Å². The lowest BCUT2D eigenvalue weighted by atomic mass is 9.94. The summed E-state index contributed by atoms with van der Waals surface area (Å²) >= 11 is 0. The summed E-state index contributed by atoms with van der Waals surface area (Å²) in [6, 6.07) is 6.94. The van der Waals surface area contributed by atoms with E-state index in [4.69, 9.17) is 0 Å². The largest absolute Gasteiger partial charge is 0.353 e. The Balaban J connectivity index is 1.45. The molecule has 4 nitrogen and oxygen atoms in total. The van der Waals surface area contributed by atoms with E-state index in [1.807, 2.05) is 12.1 Å². The van der Waals surface area contributed by atoms with Crippen molar-refractivity contribution in [2.75, 3.05) is 39.3 Å². The van der Waals surface area contributed by atoms with Gasteiger partial charge in [-0.3, -0.25) is 4.79 Å². The van der Waals surface area contributed by atoms with Crippen molar-refractivity contribution < 1.29 is 9.18 Å². The van der Waals surface area contributed by atoms with Crippen LogP contribution in [0.25, 0.3) is 0 Å². The van der Waals surface area contributed by atoms with Crippen LogP contribution in [0.4, 0.5) is 4.39 Å². The second kappa shape index (κ2) is 8.77. The van der Waals surface area contributed by atoms with Crippen LogP contribution in [0, 0.1) is 5.82 Å². The lowest BCUT2D eigenvalue weighted by Gasteiger charge is -2.34. The summed E-state index contributed by atoms with van der Waals surface area (Å²) in [4.78, 5) is 17.2. The molecule has 1 aliphatic carbocycles. The Morgan fingerprint density at radius 2 is 1.80 bits per heavy atom. The van der Waals surface area contributed by atoms with Gasteiger partial charge in [-0.05, 0) is 37.1 Å². The van der Waals surface area contributed by atoms with E-state index in [2.05, 4.69) is 22.0 Å². The van der Waals surface area contributed by atoms with Gasteiger partial charge in [0.2, 0.25) is 5.91 Å². The molecule has 138 valence electrons. The third-order valence-corrected chi connectivity index (χ3v) is 5.73. The molecule has 2 unspecified atom stereocenters. The Bertz CT molecular complexity index is 555. The SMILES string of the molecule is CCN1CCN(CCC(=O)NC2CCCC2c2ccc(F)cc2)CC1. The van der Waals surface area contributed by atoms with E-state index in [1.165, 1.54) is 12.1 Å². The number of piperazine rings is 1. The topological polar surface area (TPSA) is 35.6 Å². The highest BCUT2D eigenvalue weighted by molar-refractivity contribution is 5.76. The van der Waals surface area contributed by atoms with Gasteiger partial charge in [0.15, 0.2) is 0 Å². The van der Waals surface area contributed by atoms with Crippen LogP contribution in [0.5, 0.6) is 0 Å². The number of nitrogens with zero attached hydrogens (tertiary/aromatic N) is 2. The van der Waals surface area contributed by atoms with Crippen LogP contribution in [0.1, 0.15) is 44.1 Å². The third-order valence-electron chi connectivity index (χ3n) is 5.73. The molecule has 0 spiro atoms. The molecule has 0 aromatic heterocycles. The van der Waals surface area contributed by atoms with Crippen molar-refractivity contribution in [1.82, 2.24) is 15.1 Å². The fraction of sp³-hybridized carbons (Fsp3) is 0.650. The van der Waals surface area contributed by atoms with E-state index in [9.17, 15) is 9.18 Å². The van der Waals surface area contributed by atoms with Crippen molar-refractivity contribution in [3.05, 3.63) is 35.6 Å². The van der Waals surface area contributed by atoms with Crippen LogP contribution in [0.15, 0.2) is 24.3 Å². The first-order chi connectivity index (χ1) is 12.2. The van der Waals surface area contributed by atoms with Gasteiger partial charge in [-0.15, -0.1) is 0 Å². The minimum Gasteiger partial charge on any atom is -0.353 e. The molecule has 5 heteroatoms. The quantitative estimate of drug-likeness (QED) is 0.859. The van der Waals surface area contributed by atoms with Gasteiger partial charge in [-0.1, -0.05) is 25.5 Å². The normalized spacial score (nSPS) is 25.2. The average molecular weight is 347 g/mol. The number of carbonyl (C=O) groups excluding carboxylic acids is 1. The Morgan fingerprint density at radius 1 is 1.12 bits per heavy atom. The summed E-state index contributed by atoms with van der Waals surface area (Å²) < 4.78 is 13.1. The number of benzene rings is 1. The number of amides is 1. The Labute approximate surface area is 150 Å². The highest BCUT2D eigenvalue weighted by atomic mass is 19.1. The Morgan fingerprint density at radius 3 is 2.48 bits per heavy atom. The molecule has 1 heterocycles. The summed E-state index contributed by atoms with van der Waals surface area (Å²) in [5.41, 5.74) is 1.14. The van der Waals surface area contributed by atoms with Crippen LogP contribution in [-0.4, -0.2) is 61.0 Å². The van der Waals surface area contributed by atoms with Gasteiger partial charge in [0.25, 0.3) is 0 Å². The molecule has 25 heavy (non-hydrogen) atoms. The van der Waals surface area contributed by atoms with Gasteiger partial charge in [-0.25, -0.2) is 4.39 Å². The minimum absolute atomic E-state index is 0.150. The molecule has 2 atom stereocenters. The fourth-order valence-corrected chi connectivity index (χ4v) is 4.11. The first kappa shape index (κ1) is 18.3. The third kappa shape index (κ3) is 5.02. The average Bonchev–Trinajstić information content (AvgIpc) is 3.09. The van der Waals surface area contributed by atoms with Gasteiger partial charge in [-0.2, -0.15) is 0 Å². The standard InChI is InChI=1S/C20H30FN3O/c1-2-23-12-14-24(15-13-23)11-10-20(25)22-19-5-3-4-18(19)16-6-8-17(21)9-7-16/h6-9,18-19H,2-5,10-15H2,1H3,(H,22,25). The van der Waals surface area contributed by atoms with Crippen molar-refractivity contribution in [1.29, 1.82) is 0 Å². The molecule has 1 aromatic rings. The summed E-state index contributed by atoms with van der Waals surface area (Å²) in [6.07, 6.45) is 3.77. The van der Waals surface area contributed by atoms with Crippen LogP contribution >= 0.6 is 0 Å². The second-order valence-corrected chi connectivity index (χ2v) is 7.29. The van der Waals surface area contributed by atoms with E-state index >= 15 is 0 Å². The zero-order valence-corrected chi connectivity index (χ0v) is 15.2. The number of carbonyl (C=O) groups is 1. The van der Waals surface area contributed by atoms with Gasteiger partial charge >= 0.3 is 0 Å². The predicted molar refractivity (Wildman–Crippen MR) is 98.1 cm³/mol. The van der Waals surface area contributed by atoms with Crippen molar-refractivity contribution in [3.8, 4) is 0 Å². The highest BCUT2D eigenvalue weighted by Gasteiger charge is 2.29. The molecule has 2 aliphatic rings. The molecular formula is C20H30FN3O. The van der Waals surface area contributed by atoms with Gasteiger partial charge in [0.05, 0.1) is 0 Å². The number of hydrogen-bond acceptors (Lipinski definition) is 3. The lowest BCUT2D eigenvalue weighted by molar-refractivity contribution is -0.122. The first-order valence-electron chi connectivity index (χ1n) is 9.65. The minimum atomic E-state index is -0.203. The van der Waals surface area contributed by atoms with Crippen LogP contribution < -0.4 is 5.32 Å². The van der Waals surface area contributed by atoms with Crippen molar-refractivity contribution in [2.45, 2.75) is 44.6 Å². The van der Waals surface area contributed by atoms with Crippen LogP contribution in [0.2, 0.25) is 0 Å². The predicted octanol–water partition coefficient (Wildman–Crippen LogP) is 2.61. The van der Waals surface area contributed by atoms with Gasteiger partial charge in [0, 0.05) is 51.1 Å². The van der Waals surface area contributed by atoms with E-state index in [1.54, 1.807) is 0 Å². The maximum Gasteiger partial charge on any atom is 0.221 e. The molecule has 1 saturated carbocycles. The smallest absolute Gasteiger partial charge is 0.221 e. The number of hydrogen-bond donors (Lipinski definition) is 1. The molecular weight excluding hydrogens is 317 g/mol. The summed E-state index contributed by atoms with van der Waals surface area (Å²) in [5.74, 6) is 0.264. The molecule has 0 bridgehead atoms. The molecule has 1 amide bonds. The maximum absolute atomic E-state index is 13.1. The summed E-state index contributed by atoms with van der Waals surface area (Å²) in [6.45, 7) is 8.48. The monoisotopic (exact) mass is 347 g/mol. The van der Waals surface area contributed by atoms with E-state index in [0.29, 0.717) is 12.3 Å². The van der Waals surface area contributed by atoms with Gasteiger partial charge < -0.3 is 15.1 Å². The molecule has 1 aromatic carbocycles. The highest BCUT2D eigenvalue weighted by Crippen LogP contribution is 2.34. The lowest BCUT2D eigenvalue weighted by Crippen LogP contribution is -2.47. The van der Waals surface area contributed by atoms with Crippen molar-refractivity contribution in [3.63, 3.8) is 0 Å². The maximum atomic E-state index is 13.1. The van der Waals surface area contributed by atoms with E-state index in [0.717, 1.165) is 64.1 Å². The molecule has 1 saturated heterocycles. The van der Waals surface area contributed by atoms with E-state index < -0.39 is 0 Å².